The van der Waals surface area contributed by atoms with Gasteiger partial charge in [0.1, 0.15) is 0 Å². The SMILES string of the molecule is CCc1cc(-c2nnc(SCC(=O)Nc3cccc([N+](=O)[O-])c3)n2C)cs1. The topological polar surface area (TPSA) is 103 Å². The van der Waals surface area contributed by atoms with Crippen molar-refractivity contribution in [2.75, 3.05) is 11.1 Å². The lowest BCUT2D eigenvalue weighted by atomic mass is 10.2. The second-order valence-corrected chi connectivity index (χ2v) is 7.60. The summed E-state index contributed by atoms with van der Waals surface area (Å²) in [6.07, 6.45) is 0.974. The third-order valence-electron chi connectivity index (χ3n) is 3.77. The molecule has 0 atom stereocenters. The second-order valence-electron chi connectivity index (χ2n) is 5.66. The molecule has 0 unspecified atom stereocenters. The smallest absolute Gasteiger partial charge is 0.271 e. The van der Waals surface area contributed by atoms with Gasteiger partial charge in [0, 0.05) is 40.7 Å². The van der Waals surface area contributed by atoms with Crippen LogP contribution in [-0.4, -0.2) is 31.3 Å². The van der Waals surface area contributed by atoms with Crippen molar-refractivity contribution in [3.63, 3.8) is 0 Å². The van der Waals surface area contributed by atoms with Crippen LogP contribution in [0.2, 0.25) is 0 Å². The molecule has 0 aliphatic carbocycles. The van der Waals surface area contributed by atoms with E-state index in [1.54, 1.807) is 17.4 Å². The van der Waals surface area contributed by atoms with Gasteiger partial charge in [-0.1, -0.05) is 24.8 Å². The zero-order chi connectivity index (χ0) is 19.4. The summed E-state index contributed by atoms with van der Waals surface area (Å²) in [5.74, 6) is 0.611. The Kier molecular flexibility index (Phi) is 5.87. The number of rotatable bonds is 7. The number of anilines is 1. The lowest BCUT2D eigenvalue weighted by Gasteiger charge is -2.05. The molecule has 3 aromatic rings. The fourth-order valence-corrected chi connectivity index (χ4v) is 3.92. The quantitative estimate of drug-likeness (QED) is 0.366. The zero-order valence-corrected chi connectivity index (χ0v) is 16.3. The summed E-state index contributed by atoms with van der Waals surface area (Å²) in [7, 11) is 1.86. The van der Waals surface area contributed by atoms with E-state index in [1.807, 2.05) is 17.0 Å². The number of hydrogen-bond donors (Lipinski definition) is 1. The Bertz CT molecular complexity index is 983. The van der Waals surface area contributed by atoms with E-state index in [0.717, 1.165) is 17.8 Å². The lowest BCUT2D eigenvalue weighted by Crippen LogP contribution is -2.14. The highest BCUT2D eigenvalue weighted by Gasteiger charge is 2.15. The molecule has 0 radical (unpaired) electrons. The van der Waals surface area contributed by atoms with E-state index in [9.17, 15) is 14.9 Å². The molecule has 0 spiro atoms. The molecule has 1 aromatic carbocycles. The van der Waals surface area contributed by atoms with Gasteiger partial charge in [-0.3, -0.25) is 14.9 Å². The molecular formula is C17H17N5O3S2. The van der Waals surface area contributed by atoms with Gasteiger partial charge in [-0.05, 0) is 18.6 Å². The van der Waals surface area contributed by atoms with Crippen LogP contribution < -0.4 is 5.32 Å². The van der Waals surface area contributed by atoms with Crippen LogP contribution in [0.5, 0.6) is 0 Å². The van der Waals surface area contributed by atoms with Crippen LogP contribution in [0.1, 0.15) is 11.8 Å². The van der Waals surface area contributed by atoms with Gasteiger partial charge in [-0.2, -0.15) is 0 Å². The van der Waals surface area contributed by atoms with Gasteiger partial charge in [-0.15, -0.1) is 21.5 Å². The molecule has 3 rings (SSSR count). The average molecular weight is 403 g/mol. The Morgan fingerprint density at radius 3 is 2.89 bits per heavy atom. The number of carbonyl (C=O) groups is 1. The second kappa shape index (κ2) is 8.31. The third kappa shape index (κ3) is 4.52. The van der Waals surface area contributed by atoms with Crippen molar-refractivity contribution in [1.29, 1.82) is 0 Å². The largest absolute Gasteiger partial charge is 0.325 e. The van der Waals surface area contributed by atoms with E-state index in [4.69, 9.17) is 0 Å². The van der Waals surface area contributed by atoms with Crippen LogP contribution in [0.3, 0.4) is 0 Å². The molecule has 10 heteroatoms. The molecular weight excluding hydrogens is 386 g/mol. The maximum absolute atomic E-state index is 12.1. The van der Waals surface area contributed by atoms with Crippen LogP contribution in [0.15, 0.2) is 40.9 Å². The van der Waals surface area contributed by atoms with E-state index >= 15 is 0 Å². The van der Waals surface area contributed by atoms with Crippen molar-refractivity contribution < 1.29 is 9.72 Å². The van der Waals surface area contributed by atoms with Crippen LogP contribution >= 0.6 is 23.1 Å². The number of nitro groups is 1. The first-order valence-corrected chi connectivity index (χ1v) is 9.98. The van der Waals surface area contributed by atoms with E-state index in [0.29, 0.717) is 10.8 Å². The number of aryl methyl sites for hydroxylation is 1. The first-order valence-electron chi connectivity index (χ1n) is 8.12. The minimum Gasteiger partial charge on any atom is -0.325 e. The lowest BCUT2D eigenvalue weighted by molar-refractivity contribution is -0.384. The molecule has 2 aromatic heterocycles. The number of aromatic nitrogens is 3. The minimum atomic E-state index is -0.500. The predicted octanol–water partition coefficient (Wildman–Crippen LogP) is 3.75. The van der Waals surface area contributed by atoms with Crippen molar-refractivity contribution >= 4 is 40.4 Å². The molecule has 0 saturated heterocycles. The molecule has 0 bridgehead atoms. The van der Waals surface area contributed by atoms with Crippen molar-refractivity contribution in [2.24, 2.45) is 7.05 Å². The van der Waals surface area contributed by atoms with Gasteiger partial charge in [0.15, 0.2) is 11.0 Å². The van der Waals surface area contributed by atoms with Crippen LogP contribution in [-0.2, 0) is 18.3 Å². The summed E-state index contributed by atoms with van der Waals surface area (Å²) >= 11 is 2.94. The van der Waals surface area contributed by atoms with Gasteiger partial charge in [0.25, 0.3) is 5.69 Å². The third-order valence-corrected chi connectivity index (χ3v) is 5.87. The molecule has 0 aliphatic heterocycles. The maximum Gasteiger partial charge on any atom is 0.271 e. The average Bonchev–Trinajstić information content (AvgIpc) is 3.26. The number of amides is 1. The molecule has 27 heavy (non-hydrogen) atoms. The van der Waals surface area contributed by atoms with E-state index in [1.165, 1.54) is 34.8 Å². The Morgan fingerprint density at radius 2 is 2.19 bits per heavy atom. The van der Waals surface area contributed by atoms with E-state index < -0.39 is 4.92 Å². The molecule has 0 saturated carbocycles. The number of benzene rings is 1. The Hall–Kier alpha value is -2.72. The molecule has 8 nitrogen and oxygen atoms in total. The van der Waals surface area contributed by atoms with Gasteiger partial charge >= 0.3 is 0 Å². The number of nitro benzene ring substituents is 1. The number of non-ortho nitro benzene ring substituents is 1. The molecule has 140 valence electrons. The summed E-state index contributed by atoms with van der Waals surface area (Å²) in [6, 6.07) is 7.93. The van der Waals surface area contributed by atoms with E-state index in [-0.39, 0.29) is 17.3 Å². The number of thioether (sulfide) groups is 1. The Labute approximate surface area is 163 Å². The summed E-state index contributed by atoms with van der Waals surface area (Å²) in [5.41, 5.74) is 1.33. The standard InChI is InChI=1S/C17H17N5O3S2/c1-3-14-7-11(9-26-14)16-19-20-17(21(16)2)27-10-15(23)18-12-5-4-6-13(8-12)22(24)25/h4-9H,3,10H2,1-2H3,(H,18,23). The summed E-state index contributed by atoms with van der Waals surface area (Å²) in [5, 5.41) is 24.5. The Balaban J connectivity index is 1.62. The van der Waals surface area contributed by atoms with E-state index in [2.05, 4.69) is 28.5 Å². The van der Waals surface area contributed by atoms with Gasteiger partial charge in [-0.25, -0.2) is 0 Å². The van der Waals surface area contributed by atoms with Crippen LogP contribution in [0.4, 0.5) is 11.4 Å². The number of hydrogen-bond acceptors (Lipinski definition) is 7. The highest BCUT2D eigenvalue weighted by Crippen LogP contribution is 2.27. The monoisotopic (exact) mass is 403 g/mol. The maximum atomic E-state index is 12.1. The van der Waals surface area contributed by atoms with Crippen molar-refractivity contribution in [1.82, 2.24) is 14.8 Å². The number of carbonyl (C=O) groups excluding carboxylic acids is 1. The summed E-state index contributed by atoms with van der Waals surface area (Å²) in [6.45, 7) is 2.10. The molecule has 1 N–H and O–H groups in total. The Morgan fingerprint density at radius 1 is 1.37 bits per heavy atom. The van der Waals surface area contributed by atoms with Gasteiger partial charge in [0.05, 0.1) is 10.7 Å². The van der Waals surface area contributed by atoms with Crippen molar-refractivity contribution in [2.45, 2.75) is 18.5 Å². The minimum absolute atomic E-state index is 0.0689. The number of nitrogens with one attached hydrogen (secondary N) is 1. The highest BCUT2D eigenvalue weighted by atomic mass is 32.2. The number of thiophene rings is 1. The van der Waals surface area contributed by atoms with Gasteiger partial charge < -0.3 is 9.88 Å². The summed E-state index contributed by atoms with van der Waals surface area (Å²) < 4.78 is 1.85. The fraction of sp³-hybridized carbons (Fsp3) is 0.235. The first kappa shape index (κ1) is 19.1. The zero-order valence-electron chi connectivity index (χ0n) is 14.7. The highest BCUT2D eigenvalue weighted by molar-refractivity contribution is 7.99. The summed E-state index contributed by atoms with van der Waals surface area (Å²) in [4.78, 5) is 23.7. The number of nitrogens with zero attached hydrogens (tertiary/aromatic N) is 4. The molecule has 1 amide bonds. The molecule has 0 fully saturated rings. The van der Waals surface area contributed by atoms with Gasteiger partial charge in [0.2, 0.25) is 5.91 Å². The van der Waals surface area contributed by atoms with Crippen molar-refractivity contribution in [3.05, 3.63) is 50.7 Å². The van der Waals surface area contributed by atoms with Crippen molar-refractivity contribution in [3.8, 4) is 11.4 Å². The first-order chi connectivity index (χ1) is 13.0. The van der Waals surface area contributed by atoms with Crippen LogP contribution in [0.25, 0.3) is 11.4 Å². The fourth-order valence-electron chi connectivity index (χ4n) is 2.40. The van der Waals surface area contributed by atoms with Crippen LogP contribution in [0, 0.1) is 10.1 Å². The predicted molar refractivity (Wildman–Crippen MR) is 106 cm³/mol. The molecule has 0 aliphatic rings. The normalized spacial score (nSPS) is 10.7. The molecule has 2 heterocycles.